The van der Waals surface area contributed by atoms with Gasteiger partial charge in [0.25, 0.3) is 0 Å². The molecule has 0 spiro atoms. The summed E-state index contributed by atoms with van der Waals surface area (Å²) in [6, 6.07) is -0.459. The van der Waals surface area contributed by atoms with Crippen LogP contribution >= 0.6 is 0 Å². The molecule has 1 saturated carbocycles. The van der Waals surface area contributed by atoms with Gasteiger partial charge >= 0.3 is 5.97 Å². The lowest BCUT2D eigenvalue weighted by Crippen LogP contribution is -2.44. The van der Waals surface area contributed by atoms with Gasteiger partial charge in [0.2, 0.25) is 0 Å². The van der Waals surface area contributed by atoms with Crippen molar-refractivity contribution in [1.82, 2.24) is 5.32 Å². The van der Waals surface area contributed by atoms with Crippen molar-refractivity contribution < 1.29 is 9.90 Å². The number of carbonyl (C=O) groups is 1. The fourth-order valence-electron chi connectivity index (χ4n) is 2.69. The molecule has 0 aromatic carbocycles. The topological polar surface area (TPSA) is 98.1 Å². The van der Waals surface area contributed by atoms with Crippen molar-refractivity contribution in [2.24, 2.45) is 17.0 Å². The van der Waals surface area contributed by atoms with Crippen molar-refractivity contribution >= 4 is 5.97 Å². The highest BCUT2D eigenvalue weighted by Crippen LogP contribution is 2.30. The molecule has 0 radical (unpaired) electrons. The van der Waals surface area contributed by atoms with E-state index in [1.807, 2.05) is 0 Å². The maximum absolute atomic E-state index is 11.3. The molecule has 2 N–H and O–H groups in total. The van der Waals surface area contributed by atoms with Crippen LogP contribution in [-0.4, -0.2) is 30.2 Å². The Morgan fingerprint density at radius 1 is 1.61 bits per heavy atom. The molecular formula is C12H22N4O2. The van der Waals surface area contributed by atoms with Crippen LogP contribution in [0.25, 0.3) is 10.4 Å². The molecular weight excluding hydrogens is 232 g/mol. The lowest BCUT2D eigenvalue weighted by Gasteiger charge is -2.31. The molecule has 0 aromatic heterocycles. The molecule has 3 atom stereocenters. The monoisotopic (exact) mass is 254 g/mol. The van der Waals surface area contributed by atoms with Crippen LogP contribution in [0.1, 0.15) is 39.0 Å². The van der Waals surface area contributed by atoms with Gasteiger partial charge in [-0.15, -0.1) is 0 Å². The molecule has 18 heavy (non-hydrogen) atoms. The normalized spacial score (nSPS) is 25.2. The van der Waals surface area contributed by atoms with Crippen molar-refractivity contribution in [3.8, 4) is 0 Å². The first-order valence-corrected chi connectivity index (χ1v) is 6.62. The highest BCUT2D eigenvalue weighted by Gasteiger charge is 2.30. The predicted molar refractivity (Wildman–Crippen MR) is 69.2 cm³/mol. The van der Waals surface area contributed by atoms with E-state index in [0.717, 1.165) is 19.3 Å². The Hall–Kier alpha value is -1.26. The summed E-state index contributed by atoms with van der Waals surface area (Å²) in [5.41, 5.74) is 8.14. The predicted octanol–water partition coefficient (Wildman–Crippen LogP) is 2.56. The van der Waals surface area contributed by atoms with Crippen molar-refractivity contribution in [3.63, 3.8) is 0 Å². The second kappa shape index (κ2) is 7.95. The molecule has 1 rings (SSSR count). The molecule has 3 unspecified atom stereocenters. The first kappa shape index (κ1) is 14.8. The Morgan fingerprint density at radius 3 is 3.00 bits per heavy atom. The summed E-state index contributed by atoms with van der Waals surface area (Å²) in [5.74, 6) is 0.0826. The SMILES string of the molecule is CC1CCCC(C(NCCCN=[N+]=[N-])C(=O)O)C1. The number of azide groups is 1. The molecule has 0 amide bonds. The Balaban J connectivity index is 2.39. The Labute approximate surface area is 107 Å². The number of carboxylic acid groups (broad SMARTS) is 1. The van der Waals surface area contributed by atoms with E-state index in [1.165, 1.54) is 6.42 Å². The number of aliphatic carboxylic acids is 1. The number of carboxylic acids is 1. The van der Waals surface area contributed by atoms with E-state index in [1.54, 1.807) is 0 Å². The summed E-state index contributed by atoms with van der Waals surface area (Å²) in [4.78, 5) is 13.9. The van der Waals surface area contributed by atoms with Crippen LogP contribution in [0, 0.1) is 11.8 Å². The highest BCUT2D eigenvalue weighted by atomic mass is 16.4. The average molecular weight is 254 g/mol. The van der Waals surface area contributed by atoms with Gasteiger partial charge in [-0.3, -0.25) is 4.79 Å². The first-order chi connectivity index (χ1) is 8.65. The molecule has 102 valence electrons. The molecule has 1 fully saturated rings. The van der Waals surface area contributed by atoms with Crippen LogP contribution in [0.3, 0.4) is 0 Å². The standard InChI is InChI=1S/C12H22N4O2/c1-9-4-2-5-10(8-9)11(12(17)18)14-6-3-7-15-16-13/h9-11,14H,2-8H2,1H3,(H,17,18). The van der Waals surface area contributed by atoms with E-state index in [-0.39, 0.29) is 5.92 Å². The molecule has 1 aliphatic carbocycles. The zero-order valence-corrected chi connectivity index (χ0v) is 10.9. The van der Waals surface area contributed by atoms with Crippen LogP contribution in [0.4, 0.5) is 0 Å². The lowest BCUT2D eigenvalue weighted by atomic mass is 9.78. The zero-order chi connectivity index (χ0) is 13.4. The van der Waals surface area contributed by atoms with Crippen LogP contribution in [0.2, 0.25) is 0 Å². The summed E-state index contributed by atoms with van der Waals surface area (Å²) in [7, 11) is 0. The summed E-state index contributed by atoms with van der Waals surface area (Å²) in [6.45, 7) is 3.18. The first-order valence-electron chi connectivity index (χ1n) is 6.62. The third-order valence-electron chi connectivity index (χ3n) is 3.58. The Morgan fingerprint density at radius 2 is 2.39 bits per heavy atom. The van der Waals surface area contributed by atoms with E-state index < -0.39 is 12.0 Å². The molecule has 0 saturated heterocycles. The molecule has 0 heterocycles. The number of nitrogens with one attached hydrogen (secondary N) is 1. The minimum atomic E-state index is -0.766. The summed E-state index contributed by atoms with van der Waals surface area (Å²) >= 11 is 0. The van der Waals surface area contributed by atoms with Gasteiger partial charge in [-0.1, -0.05) is 24.9 Å². The van der Waals surface area contributed by atoms with Crippen molar-refractivity contribution in [2.45, 2.75) is 45.1 Å². The minimum Gasteiger partial charge on any atom is -0.480 e. The average Bonchev–Trinajstić information content (AvgIpc) is 2.33. The van der Waals surface area contributed by atoms with E-state index in [9.17, 15) is 9.90 Å². The number of nitrogens with zero attached hydrogens (tertiary/aromatic N) is 3. The van der Waals surface area contributed by atoms with E-state index in [4.69, 9.17) is 5.53 Å². The molecule has 0 aromatic rings. The number of hydrogen-bond acceptors (Lipinski definition) is 3. The third kappa shape index (κ3) is 4.94. The van der Waals surface area contributed by atoms with Crippen LogP contribution in [0.5, 0.6) is 0 Å². The lowest BCUT2D eigenvalue weighted by molar-refractivity contribution is -0.141. The van der Waals surface area contributed by atoms with E-state index in [0.29, 0.717) is 25.4 Å². The van der Waals surface area contributed by atoms with Gasteiger partial charge in [-0.2, -0.15) is 0 Å². The van der Waals surface area contributed by atoms with Gasteiger partial charge in [0.1, 0.15) is 6.04 Å². The largest absolute Gasteiger partial charge is 0.480 e. The van der Waals surface area contributed by atoms with E-state index >= 15 is 0 Å². The van der Waals surface area contributed by atoms with E-state index in [2.05, 4.69) is 22.3 Å². The van der Waals surface area contributed by atoms with Crippen molar-refractivity contribution in [3.05, 3.63) is 10.4 Å². The summed E-state index contributed by atoms with van der Waals surface area (Å²) in [5, 5.41) is 15.8. The second-order valence-corrected chi connectivity index (χ2v) is 5.11. The minimum absolute atomic E-state index is 0.228. The summed E-state index contributed by atoms with van der Waals surface area (Å²) in [6.07, 6.45) is 4.98. The number of hydrogen-bond donors (Lipinski definition) is 2. The van der Waals surface area contributed by atoms with Gasteiger partial charge < -0.3 is 10.4 Å². The van der Waals surface area contributed by atoms with Crippen LogP contribution in [-0.2, 0) is 4.79 Å². The van der Waals surface area contributed by atoms with Crippen molar-refractivity contribution in [1.29, 1.82) is 0 Å². The van der Waals surface area contributed by atoms with Gasteiger partial charge in [0.15, 0.2) is 0 Å². The molecule has 0 bridgehead atoms. The maximum Gasteiger partial charge on any atom is 0.320 e. The Kier molecular flexibility index (Phi) is 6.54. The molecule has 6 heteroatoms. The summed E-state index contributed by atoms with van der Waals surface area (Å²) < 4.78 is 0. The second-order valence-electron chi connectivity index (χ2n) is 5.11. The molecule has 0 aliphatic heterocycles. The highest BCUT2D eigenvalue weighted by molar-refractivity contribution is 5.73. The van der Waals surface area contributed by atoms with Crippen LogP contribution in [0.15, 0.2) is 5.11 Å². The molecule has 6 nitrogen and oxygen atoms in total. The smallest absolute Gasteiger partial charge is 0.320 e. The fraction of sp³-hybridized carbons (Fsp3) is 0.917. The fourth-order valence-corrected chi connectivity index (χ4v) is 2.69. The maximum atomic E-state index is 11.3. The number of rotatable bonds is 7. The van der Waals surface area contributed by atoms with Gasteiger partial charge in [0.05, 0.1) is 0 Å². The van der Waals surface area contributed by atoms with Crippen molar-refractivity contribution in [2.75, 3.05) is 13.1 Å². The quantitative estimate of drug-likeness (QED) is 0.316. The van der Waals surface area contributed by atoms with Gasteiger partial charge in [0, 0.05) is 11.5 Å². The Bertz CT molecular complexity index is 315. The van der Waals surface area contributed by atoms with Crippen LogP contribution < -0.4 is 5.32 Å². The van der Waals surface area contributed by atoms with Gasteiger partial charge in [-0.05, 0) is 43.2 Å². The molecule has 1 aliphatic rings. The zero-order valence-electron chi connectivity index (χ0n) is 10.9. The van der Waals surface area contributed by atoms with Gasteiger partial charge in [-0.25, -0.2) is 0 Å². The third-order valence-corrected chi connectivity index (χ3v) is 3.58.